The van der Waals surface area contributed by atoms with Crippen molar-refractivity contribution in [3.8, 4) is 11.1 Å². The van der Waals surface area contributed by atoms with Crippen LogP contribution in [0.15, 0.2) is 44.1 Å². The van der Waals surface area contributed by atoms with Gasteiger partial charge in [-0.1, -0.05) is 29.1 Å². The molecule has 28 heavy (non-hydrogen) atoms. The third kappa shape index (κ3) is 3.16. The molecule has 5 rings (SSSR count). The number of thioether (sulfide) groups is 1. The highest BCUT2D eigenvalue weighted by molar-refractivity contribution is 7.98. The van der Waals surface area contributed by atoms with Crippen molar-refractivity contribution < 1.29 is 8.91 Å². The molecule has 0 unspecified atom stereocenters. The fourth-order valence-corrected chi connectivity index (χ4v) is 5.37. The largest absolute Gasteiger partial charge is 0.361 e. The number of halogens is 1. The van der Waals surface area contributed by atoms with E-state index >= 15 is 0 Å². The molecular weight excluding hydrogens is 397 g/mol. The zero-order chi connectivity index (χ0) is 19.1. The lowest BCUT2D eigenvalue weighted by Gasteiger charge is -2.08. The molecule has 0 saturated carbocycles. The van der Waals surface area contributed by atoms with Crippen molar-refractivity contribution in [1.82, 2.24) is 15.1 Å². The number of H-pyrrole nitrogens is 1. The number of nitrogens with zero attached hydrogens (tertiary/aromatic N) is 2. The number of hydrogen-bond acceptors (Lipinski definition) is 6. The molecule has 0 radical (unpaired) electrons. The summed E-state index contributed by atoms with van der Waals surface area (Å²) in [7, 11) is 0. The van der Waals surface area contributed by atoms with Gasteiger partial charge in [-0.15, -0.1) is 11.3 Å². The molecule has 142 valence electrons. The summed E-state index contributed by atoms with van der Waals surface area (Å²) < 4.78 is 18.6. The van der Waals surface area contributed by atoms with E-state index in [0.29, 0.717) is 21.1 Å². The number of benzene rings is 1. The summed E-state index contributed by atoms with van der Waals surface area (Å²) >= 11 is 2.87. The SMILES string of the molecule is O=c1[nH]c(SCc2noc3c2CCCC3)nc2scc(-c3ccc(F)cc3)c12. The normalized spacial score (nSPS) is 13.8. The van der Waals surface area contributed by atoms with E-state index in [1.165, 1.54) is 40.8 Å². The van der Waals surface area contributed by atoms with Crippen LogP contribution in [0.25, 0.3) is 21.3 Å². The Morgan fingerprint density at radius 1 is 1.21 bits per heavy atom. The van der Waals surface area contributed by atoms with Crippen molar-refractivity contribution in [3.05, 3.63) is 62.8 Å². The standard InChI is InChI=1S/C20H16FN3O2S2/c21-12-7-5-11(6-8-12)14-9-27-19-17(14)18(25)22-20(23-19)28-10-15-13-3-1-2-4-16(13)26-24-15/h5-9H,1-4,10H2,(H,22,23,25). The van der Waals surface area contributed by atoms with E-state index in [4.69, 9.17) is 4.52 Å². The van der Waals surface area contributed by atoms with Gasteiger partial charge in [0.1, 0.15) is 16.4 Å². The van der Waals surface area contributed by atoms with Gasteiger partial charge < -0.3 is 9.51 Å². The first-order valence-corrected chi connectivity index (χ1v) is 10.9. The second-order valence-electron chi connectivity index (χ2n) is 6.73. The Labute approximate surface area is 168 Å². The Balaban J connectivity index is 1.43. The molecule has 1 aromatic carbocycles. The first kappa shape index (κ1) is 17.6. The quantitative estimate of drug-likeness (QED) is 0.379. The molecule has 3 aromatic heterocycles. The summed E-state index contributed by atoms with van der Waals surface area (Å²) in [6.45, 7) is 0. The Kier molecular flexibility index (Phi) is 4.52. The van der Waals surface area contributed by atoms with Gasteiger partial charge in [0.15, 0.2) is 5.16 Å². The number of fused-ring (bicyclic) bond motifs is 2. The highest BCUT2D eigenvalue weighted by atomic mass is 32.2. The van der Waals surface area contributed by atoms with E-state index in [1.54, 1.807) is 12.1 Å². The summed E-state index contributed by atoms with van der Waals surface area (Å²) in [5.41, 5.74) is 3.55. The molecule has 0 atom stereocenters. The molecule has 8 heteroatoms. The topological polar surface area (TPSA) is 71.8 Å². The summed E-state index contributed by atoms with van der Waals surface area (Å²) in [5.74, 6) is 1.31. The third-order valence-corrected chi connectivity index (χ3v) is 6.71. The molecule has 1 aliphatic carbocycles. The van der Waals surface area contributed by atoms with E-state index in [1.807, 2.05) is 5.38 Å². The van der Waals surface area contributed by atoms with Crippen LogP contribution in [0.4, 0.5) is 4.39 Å². The van der Waals surface area contributed by atoms with Crippen molar-refractivity contribution in [2.75, 3.05) is 0 Å². The van der Waals surface area contributed by atoms with Crippen molar-refractivity contribution in [2.24, 2.45) is 0 Å². The second-order valence-corrected chi connectivity index (χ2v) is 8.56. The van der Waals surface area contributed by atoms with Crippen molar-refractivity contribution in [1.29, 1.82) is 0 Å². The van der Waals surface area contributed by atoms with Crippen molar-refractivity contribution in [2.45, 2.75) is 36.6 Å². The number of aromatic nitrogens is 3. The maximum atomic E-state index is 13.2. The maximum Gasteiger partial charge on any atom is 0.260 e. The monoisotopic (exact) mass is 413 g/mol. The number of hydrogen-bond donors (Lipinski definition) is 1. The van der Waals surface area contributed by atoms with Crippen molar-refractivity contribution in [3.63, 3.8) is 0 Å². The maximum absolute atomic E-state index is 13.2. The molecule has 0 spiro atoms. The summed E-state index contributed by atoms with van der Waals surface area (Å²) in [6.07, 6.45) is 4.27. The molecule has 1 aliphatic rings. The number of thiophene rings is 1. The van der Waals surface area contributed by atoms with Gasteiger partial charge in [-0.3, -0.25) is 4.79 Å². The van der Waals surface area contributed by atoms with E-state index in [2.05, 4.69) is 15.1 Å². The lowest BCUT2D eigenvalue weighted by Crippen LogP contribution is -2.09. The predicted octanol–water partition coefficient (Wildman–Crippen LogP) is 4.95. The first-order chi connectivity index (χ1) is 13.7. The van der Waals surface area contributed by atoms with Crippen LogP contribution >= 0.6 is 23.1 Å². The van der Waals surface area contributed by atoms with E-state index < -0.39 is 0 Å². The highest BCUT2D eigenvalue weighted by Crippen LogP contribution is 2.33. The lowest BCUT2D eigenvalue weighted by atomic mass is 9.97. The van der Waals surface area contributed by atoms with Gasteiger partial charge in [-0.2, -0.15) is 0 Å². The molecule has 5 nitrogen and oxygen atoms in total. The molecule has 0 amide bonds. The first-order valence-electron chi connectivity index (χ1n) is 9.05. The van der Waals surface area contributed by atoms with Crippen LogP contribution in [0.3, 0.4) is 0 Å². The fraction of sp³-hybridized carbons (Fsp3) is 0.250. The molecule has 4 aromatic rings. The number of rotatable bonds is 4. The van der Waals surface area contributed by atoms with Gasteiger partial charge in [0.2, 0.25) is 0 Å². The van der Waals surface area contributed by atoms with Crippen LogP contribution in [0.2, 0.25) is 0 Å². The average Bonchev–Trinajstić information content (AvgIpc) is 3.31. The zero-order valence-electron chi connectivity index (χ0n) is 14.8. The van der Waals surface area contributed by atoms with Crippen molar-refractivity contribution >= 4 is 33.3 Å². The molecule has 0 fully saturated rings. The van der Waals surface area contributed by atoms with Crippen LogP contribution in [0.5, 0.6) is 0 Å². The second kappa shape index (κ2) is 7.18. The van der Waals surface area contributed by atoms with Crippen LogP contribution in [0, 0.1) is 5.82 Å². The molecule has 0 bridgehead atoms. The molecule has 0 aliphatic heterocycles. The lowest BCUT2D eigenvalue weighted by molar-refractivity contribution is 0.369. The highest BCUT2D eigenvalue weighted by Gasteiger charge is 2.20. The van der Waals surface area contributed by atoms with E-state index in [9.17, 15) is 9.18 Å². The van der Waals surface area contributed by atoms with Gasteiger partial charge in [-0.05, 0) is 37.0 Å². The Morgan fingerprint density at radius 3 is 2.89 bits per heavy atom. The molecular formula is C20H16FN3O2S2. The minimum atomic E-state index is -0.302. The summed E-state index contributed by atoms with van der Waals surface area (Å²) in [6, 6.07) is 6.13. The molecule has 3 heterocycles. The number of aromatic amines is 1. The zero-order valence-corrected chi connectivity index (χ0v) is 16.5. The fourth-order valence-electron chi connectivity index (χ4n) is 3.54. The van der Waals surface area contributed by atoms with Crippen LogP contribution in [-0.2, 0) is 18.6 Å². The summed E-state index contributed by atoms with van der Waals surface area (Å²) in [4.78, 5) is 20.9. The van der Waals surface area contributed by atoms with Crippen LogP contribution in [0.1, 0.15) is 29.9 Å². The van der Waals surface area contributed by atoms with Gasteiger partial charge >= 0.3 is 0 Å². The smallest absolute Gasteiger partial charge is 0.260 e. The third-order valence-electron chi connectivity index (χ3n) is 4.95. The predicted molar refractivity (Wildman–Crippen MR) is 108 cm³/mol. The summed E-state index contributed by atoms with van der Waals surface area (Å²) in [5, 5.41) is 7.20. The Morgan fingerprint density at radius 2 is 2.04 bits per heavy atom. The Bertz CT molecular complexity index is 1210. The minimum Gasteiger partial charge on any atom is -0.361 e. The number of nitrogens with one attached hydrogen (secondary N) is 1. The van der Waals surface area contributed by atoms with E-state index in [-0.39, 0.29) is 11.4 Å². The van der Waals surface area contributed by atoms with Crippen LogP contribution in [-0.4, -0.2) is 15.1 Å². The Hall–Kier alpha value is -2.45. The van der Waals surface area contributed by atoms with Gasteiger partial charge in [0.05, 0.1) is 11.1 Å². The minimum absolute atomic E-state index is 0.185. The average molecular weight is 413 g/mol. The van der Waals surface area contributed by atoms with Gasteiger partial charge in [-0.25, -0.2) is 9.37 Å². The molecule has 1 N–H and O–H groups in total. The van der Waals surface area contributed by atoms with E-state index in [0.717, 1.165) is 48.3 Å². The van der Waals surface area contributed by atoms with Crippen LogP contribution < -0.4 is 5.56 Å². The van der Waals surface area contributed by atoms with Gasteiger partial charge in [0, 0.05) is 28.7 Å². The van der Waals surface area contributed by atoms with Gasteiger partial charge in [0.25, 0.3) is 5.56 Å². The number of aryl methyl sites for hydroxylation is 1. The molecule has 0 saturated heterocycles.